The molecule has 0 amide bonds. The van der Waals surface area contributed by atoms with E-state index in [-0.39, 0.29) is 0 Å². The van der Waals surface area contributed by atoms with Crippen LogP contribution in [-0.2, 0) is 0 Å². The Balaban J connectivity index is 2.32. The molecule has 0 aromatic heterocycles. The second-order valence-electron chi connectivity index (χ2n) is 10.4. The summed E-state index contributed by atoms with van der Waals surface area (Å²) in [5, 5.41) is 12.4. The van der Waals surface area contributed by atoms with Crippen LogP contribution in [0.25, 0.3) is 43.1 Å². The van der Waals surface area contributed by atoms with E-state index in [0.29, 0.717) is 0 Å². The minimum atomic E-state index is 1.08. The van der Waals surface area contributed by atoms with Crippen molar-refractivity contribution in [1.82, 2.24) is 0 Å². The van der Waals surface area contributed by atoms with Gasteiger partial charge in [-0.1, -0.05) is 68.0 Å². The van der Waals surface area contributed by atoms with Crippen molar-refractivity contribution in [3.63, 3.8) is 0 Å². The van der Waals surface area contributed by atoms with Gasteiger partial charge in [0.05, 0.1) is 54.2 Å². The molecule has 0 spiro atoms. The lowest BCUT2D eigenvalue weighted by molar-refractivity contribution is 1.95. The third-order valence-electron chi connectivity index (χ3n) is 8.74. The summed E-state index contributed by atoms with van der Waals surface area (Å²) in [5.74, 6) is 0. The third kappa shape index (κ3) is 3.50. The molecule has 5 aromatic carbocycles. The fourth-order valence-electron chi connectivity index (χ4n) is 7.09. The number of rotatable bonds is 7. The van der Waals surface area contributed by atoms with Gasteiger partial charge in [0.15, 0.2) is 0 Å². The van der Waals surface area contributed by atoms with Crippen LogP contribution in [0.3, 0.4) is 0 Å². The van der Waals surface area contributed by atoms with Crippen molar-refractivity contribution in [1.29, 1.82) is 0 Å². The molecule has 0 saturated carbocycles. The molecule has 0 aliphatic carbocycles. The molecule has 0 heterocycles. The molecule has 5 aromatic rings. The Morgan fingerprint density at radius 2 is 0.571 bits per heavy atom. The van der Waals surface area contributed by atoms with Crippen LogP contribution >= 0.6 is 0 Å². The van der Waals surface area contributed by atoms with Crippen LogP contribution in [0.2, 0.25) is 0 Å². The molecule has 0 aliphatic rings. The molecule has 5 rings (SSSR count). The Morgan fingerprint density at radius 3 is 0.914 bits per heavy atom. The van der Waals surface area contributed by atoms with E-state index in [1.54, 1.807) is 37.7 Å². The molecule has 0 radical (unpaired) electrons. The zero-order valence-electron chi connectivity index (χ0n) is 23.3. The second-order valence-corrected chi connectivity index (χ2v) is 10.4. The highest BCUT2D eigenvalue weighted by molar-refractivity contribution is 7.05. The van der Waals surface area contributed by atoms with E-state index in [0.717, 1.165) is 50.2 Å². The molecule has 0 bridgehead atoms. The molecule has 0 unspecified atom stereocenters. The molecular formula is C20H27B15. The first kappa shape index (κ1) is 25.0. The summed E-state index contributed by atoms with van der Waals surface area (Å²) in [5.41, 5.74) is 12.2. The first-order valence-electron chi connectivity index (χ1n) is 14.2. The van der Waals surface area contributed by atoms with E-state index < -0.39 is 0 Å². The van der Waals surface area contributed by atoms with Crippen LogP contribution < -0.4 is 43.7 Å². The molecule has 0 fully saturated rings. The Bertz CT molecular complexity index is 1550. The van der Waals surface area contributed by atoms with Crippen molar-refractivity contribution < 1.29 is 0 Å². The van der Waals surface area contributed by atoms with E-state index in [9.17, 15) is 0 Å². The van der Waals surface area contributed by atoms with Gasteiger partial charge in [-0.2, -0.15) is 0 Å². The van der Waals surface area contributed by atoms with Crippen molar-refractivity contribution in [3.8, 4) is 0 Å². The Kier molecular flexibility index (Phi) is 6.93. The zero-order valence-corrected chi connectivity index (χ0v) is 23.3. The highest BCUT2D eigenvalue weighted by Crippen LogP contribution is 2.35. The molecule has 152 valence electrons. The molecule has 0 N–H and O–H groups in total. The number of hydrogen-bond acceptors (Lipinski definition) is 0. The van der Waals surface area contributed by atoms with Crippen molar-refractivity contribution >= 4 is 199 Å². The lowest BCUT2D eigenvalue weighted by Crippen LogP contribution is -2.37. The maximum Gasteiger partial charge on any atom is 0.140 e. The predicted molar refractivity (Wildman–Crippen MR) is 203 cm³/mol. The summed E-state index contributed by atoms with van der Waals surface area (Å²) in [6, 6.07) is 10.2. The highest BCUT2D eigenvalue weighted by Gasteiger charge is 2.25. The Labute approximate surface area is 222 Å². The number of benzene rings is 5. The molecule has 0 atom stereocenters. The molecule has 0 aliphatic heterocycles. The predicted octanol–water partition coefficient (Wildman–Crippen LogP) is -12.7. The van der Waals surface area contributed by atoms with Gasteiger partial charge in [-0.15, -0.1) is 0 Å². The van der Waals surface area contributed by atoms with Gasteiger partial charge >= 0.3 is 0 Å². The Morgan fingerprint density at radius 1 is 0.314 bits per heavy atom. The van der Waals surface area contributed by atoms with Crippen LogP contribution in [0.1, 0.15) is 0 Å². The summed E-state index contributed by atoms with van der Waals surface area (Å²) in [6.07, 6.45) is 0. The van der Waals surface area contributed by atoms with Crippen LogP contribution in [0.5, 0.6) is 0 Å². The lowest BCUT2D eigenvalue weighted by Gasteiger charge is -2.27. The maximum atomic E-state index is 2.56. The van der Waals surface area contributed by atoms with Gasteiger partial charge in [0.1, 0.15) is 58.0 Å². The number of fused-ring (bicyclic) bond motifs is 2. The van der Waals surface area contributed by atoms with Gasteiger partial charge in [-0.05, 0) is 43.1 Å². The fourth-order valence-corrected chi connectivity index (χ4v) is 7.09. The highest BCUT2D eigenvalue weighted by atomic mass is 14.2. The van der Waals surface area contributed by atoms with E-state index in [4.69, 9.17) is 0 Å². The average molecular weight is 430 g/mol. The first-order chi connectivity index (χ1) is 17.0. The first-order valence-corrected chi connectivity index (χ1v) is 14.2. The number of hydrogen-bond donors (Lipinski definition) is 0. The maximum absolute atomic E-state index is 2.56. The monoisotopic (exact) mass is 432 g/mol. The molecule has 35 heavy (non-hydrogen) atoms. The van der Waals surface area contributed by atoms with Crippen LogP contribution in [0, 0.1) is 0 Å². The van der Waals surface area contributed by atoms with Crippen LogP contribution in [-0.4, -0.2) is 112 Å². The average Bonchev–Trinajstić information content (AvgIpc) is 2.90. The van der Waals surface area contributed by atoms with Crippen LogP contribution in [0.15, 0.2) is 24.3 Å². The fraction of sp³-hybridized carbons (Fsp3) is 0. The molecule has 0 saturated heterocycles. The van der Waals surface area contributed by atoms with Gasteiger partial charge in [0, 0.05) is 0 Å². The summed E-state index contributed by atoms with van der Waals surface area (Å²) >= 11 is 0. The lowest BCUT2D eigenvalue weighted by atomic mass is 9.41. The topological polar surface area (TPSA) is 0 Å². The van der Waals surface area contributed by atoms with Gasteiger partial charge in [-0.3, -0.25) is 0 Å². The Hall–Kier alpha value is -1.63. The van der Waals surface area contributed by atoms with E-state index >= 15 is 0 Å². The van der Waals surface area contributed by atoms with Crippen LogP contribution in [0.4, 0.5) is 0 Å². The molecule has 0 nitrogen and oxygen atoms in total. The van der Waals surface area contributed by atoms with Crippen molar-refractivity contribution in [2.75, 3.05) is 0 Å². The normalized spacial score (nSPS) is 11.2. The summed E-state index contributed by atoms with van der Waals surface area (Å²) in [7, 11) is 26.4. The summed E-state index contributed by atoms with van der Waals surface area (Å²) in [6.45, 7) is 0. The van der Waals surface area contributed by atoms with Crippen molar-refractivity contribution in [2.24, 2.45) is 0 Å². The van der Waals surface area contributed by atoms with E-state index in [1.165, 1.54) is 49.1 Å². The largest absolute Gasteiger partial charge is 0.140 e. The quantitative estimate of drug-likeness (QED) is 0.137. The summed E-state index contributed by atoms with van der Waals surface area (Å²) < 4.78 is 0. The van der Waals surface area contributed by atoms with Gasteiger partial charge < -0.3 is 0 Å². The van der Waals surface area contributed by atoms with Crippen molar-refractivity contribution in [2.45, 2.75) is 0 Å². The van der Waals surface area contributed by atoms with Gasteiger partial charge in [0.2, 0.25) is 0 Å². The van der Waals surface area contributed by atoms with E-state index in [2.05, 4.69) is 86.3 Å². The molecular weight excluding hydrogens is 402 g/mol. The third-order valence-corrected chi connectivity index (χ3v) is 8.74. The van der Waals surface area contributed by atoms with Crippen molar-refractivity contribution in [3.05, 3.63) is 24.3 Å². The smallest absolute Gasteiger partial charge is 0.0868 e. The SMILES string of the molecule is BBc1cc(BB)c2c3c(BB)cc(BB)c4c(BB)cc(BB)c(c5c(BB)cc(B)c1c52)c43. The minimum absolute atomic E-state index is 1.08. The van der Waals surface area contributed by atoms with E-state index in [1.807, 2.05) is 0 Å². The van der Waals surface area contributed by atoms with Gasteiger partial charge in [0.25, 0.3) is 0 Å². The molecule has 15 heteroatoms. The zero-order chi connectivity index (χ0) is 25.0. The summed E-state index contributed by atoms with van der Waals surface area (Å²) in [4.78, 5) is 0. The minimum Gasteiger partial charge on any atom is -0.0868 e. The second kappa shape index (κ2) is 9.68. The van der Waals surface area contributed by atoms with Gasteiger partial charge in [-0.25, -0.2) is 0 Å². The standard InChI is InChI=1S/C20H27B15/c21-5-1-6(29-22)15-17-11(34-27)3-8(31-24)14-9(32-25)4-12(35-28)18(20(14)17)16-10(33-26)2-7(30-23)13(5)19(15)16/h1-4,29-35H,21-28H2.